The van der Waals surface area contributed by atoms with Crippen molar-refractivity contribution >= 4 is 5.95 Å². The summed E-state index contributed by atoms with van der Waals surface area (Å²) >= 11 is 0. The second-order valence-electron chi connectivity index (χ2n) is 4.22. The summed E-state index contributed by atoms with van der Waals surface area (Å²) in [4.78, 5) is 8.54. The first kappa shape index (κ1) is 14.1. The third-order valence-corrected chi connectivity index (χ3v) is 2.59. The van der Waals surface area contributed by atoms with Gasteiger partial charge in [0.25, 0.3) is 0 Å². The predicted molar refractivity (Wildman–Crippen MR) is 78.6 cm³/mol. The van der Waals surface area contributed by atoms with Crippen molar-refractivity contribution in [1.29, 1.82) is 0 Å². The molecule has 0 unspecified atom stereocenters. The Hall–Kier alpha value is -2.30. The summed E-state index contributed by atoms with van der Waals surface area (Å²) in [5, 5.41) is 3.07. The van der Waals surface area contributed by atoms with E-state index in [1.165, 1.54) is 0 Å². The maximum Gasteiger partial charge on any atom is 0.226 e. The van der Waals surface area contributed by atoms with Crippen LogP contribution in [0.3, 0.4) is 0 Å². The minimum absolute atomic E-state index is 0.546. The molecular formula is C15H19N3O2. The molecule has 5 heteroatoms. The second-order valence-corrected chi connectivity index (χ2v) is 4.22. The molecule has 0 aliphatic carbocycles. The van der Waals surface area contributed by atoms with Gasteiger partial charge in [-0.05, 0) is 32.9 Å². The van der Waals surface area contributed by atoms with Crippen molar-refractivity contribution in [3.63, 3.8) is 0 Å². The van der Waals surface area contributed by atoms with Gasteiger partial charge in [-0.25, -0.2) is 4.98 Å². The zero-order chi connectivity index (χ0) is 14.4. The Bertz CT molecular complexity index is 573. The van der Waals surface area contributed by atoms with Crippen molar-refractivity contribution in [1.82, 2.24) is 9.97 Å². The molecular weight excluding hydrogens is 254 g/mol. The Balaban J connectivity index is 2.20. The van der Waals surface area contributed by atoms with Crippen LogP contribution in [0.25, 0.3) is 0 Å². The van der Waals surface area contributed by atoms with Crippen LogP contribution < -0.4 is 14.8 Å². The number of nitrogens with one attached hydrogen (secondary N) is 1. The number of nitrogens with zero attached hydrogens (tertiary/aromatic N) is 2. The number of rotatable bonds is 6. The minimum Gasteiger partial charge on any atom is -0.494 e. The van der Waals surface area contributed by atoms with Crippen LogP contribution in [0.5, 0.6) is 17.4 Å². The van der Waals surface area contributed by atoms with E-state index < -0.39 is 0 Å². The first-order valence-corrected chi connectivity index (χ1v) is 6.71. The summed E-state index contributed by atoms with van der Waals surface area (Å²) in [6, 6.07) is 7.50. The largest absolute Gasteiger partial charge is 0.494 e. The maximum absolute atomic E-state index is 5.81. The molecule has 0 saturated heterocycles. The van der Waals surface area contributed by atoms with E-state index >= 15 is 0 Å². The van der Waals surface area contributed by atoms with Gasteiger partial charge in [0, 0.05) is 24.4 Å². The van der Waals surface area contributed by atoms with Crippen LogP contribution in [0, 0.1) is 6.92 Å². The molecule has 0 radical (unpaired) electrons. The van der Waals surface area contributed by atoms with E-state index in [9.17, 15) is 0 Å². The molecule has 0 amide bonds. The zero-order valence-corrected chi connectivity index (χ0v) is 12.0. The quantitative estimate of drug-likeness (QED) is 0.874. The van der Waals surface area contributed by atoms with E-state index in [2.05, 4.69) is 15.3 Å². The van der Waals surface area contributed by atoms with Gasteiger partial charge >= 0.3 is 0 Å². The summed E-state index contributed by atoms with van der Waals surface area (Å²) in [5.41, 5.74) is 0.883. The second kappa shape index (κ2) is 6.75. The van der Waals surface area contributed by atoms with Gasteiger partial charge in [0.15, 0.2) is 0 Å². The molecule has 0 aliphatic rings. The Labute approximate surface area is 119 Å². The van der Waals surface area contributed by atoms with Crippen LogP contribution in [0.4, 0.5) is 5.95 Å². The van der Waals surface area contributed by atoms with Crippen LogP contribution in [-0.2, 0) is 0 Å². The Morgan fingerprint density at radius 1 is 1.20 bits per heavy atom. The molecule has 1 heterocycles. The monoisotopic (exact) mass is 273 g/mol. The lowest BCUT2D eigenvalue weighted by atomic mass is 10.3. The fourth-order valence-corrected chi connectivity index (χ4v) is 1.68. The van der Waals surface area contributed by atoms with Crippen LogP contribution >= 0.6 is 0 Å². The number of ether oxygens (including phenoxy) is 2. The molecule has 106 valence electrons. The van der Waals surface area contributed by atoms with E-state index in [1.54, 1.807) is 6.20 Å². The van der Waals surface area contributed by atoms with Gasteiger partial charge in [-0.1, -0.05) is 6.07 Å². The van der Waals surface area contributed by atoms with Gasteiger partial charge in [0.05, 0.1) is 6.61 Å². The summed E-state index contributed by atoms with van der Waals surface area (Å²) in [7, 11) is 0. The van der Waals surface area contributed by atoms with Gasteiger partial charge < -0.3 is 14.8 Å². The van der Waals surface area contributed by atoms with Crippen molar-refractivity contribution in [3.8, 4) is 17.4 Å². The number of benzene rings is 1. The number of anilines is 1. The molecule has 20 heavy (non-hydrogen) atoms. The first-order chi connectivity index (χ1) is 9.72. The van der Waals surface area contributed by atoms with Crippen molar-refractivity contribution in [2.45, 2.75) is 20.8 Å². The lowest BCUT2D eigenvalue weighted by molar-refractivity contribution is 0.338. The van der Waals surface area contributed by atoms with Crippen molar-refractivity contribution < 1.29 is 9.47 Å². The molecule has 0 bridgehead atoms. The molecule has 2 rings (SSSR count). The standard InChI is InChI=1S/C15H19N3O2/c1-4-16-15-17-10-11(3)14(18-15)20-13-8-6-7-12(9-13)19-5-2/h6-10H,4-5H2,1-3H3,(H,16,17,18). The van der Waals surface area contributed by atoms with Crippen molar-refractivity contribution in [2.24, 2.45) is 0 Å². The highest BCUT2D eigenvalue weighted by atomic mass is 16.5. The molecule has 0 spiro atoms. The smallest absolute Gasteiger partial charge is 0.226 e. The van der Waals surface area contributed by atoms with Crippen LogP contribution in [0.15, 0.2) is 30.5 Å². The average Bonchev–Trinajstić information content (AvgIpc) is 2.44. The summed E-state index contributed by atoms with van der Waals surface area (Å²) in [6.45, 7) is 7.25. The molecule has 1 aromatic carbocycles. The fourth-order valence-electron chi connectivity index (χ4n) is 1.68. The third kappa shape index (κ3) is 3.60. The SMILES string of the molecule is CCNc1ncc(C)c(Oc2cccc(OCC)c2)n1. The highest BCUT2D eigenvalue weighted by molar-refractivity contribution is 5.38. The molecule has 0 atom stereocenters. The molecule has 0 fully saturated rings. The Morgan fingerprint density at radius 3 is 2.75 bits per heavy atom. The van der Waals surface area contributed by atoms with Gasteiger partial charge in [0.2, 0.25) is 11.8 Å². The van der Waals surface area contributed by atoms with Crippen molar-refractivity contribution in [2.75, 3.05) is 18.5 Å². The van der Waals surface area contributed by atoms with Crippen molar-refractivity contribution in [3.05, 3.63) is 36.0 Å². The van der Waals surface area contributed by atoms with E-state index in [0.29, 0.717) is 24.2 Å². The molecule has 1 aromatic heterocycles. The lowest BCUT2D eigenvalue weighted by Gasteiger charge is -2.10. The summed E-state index contributed by atoms with van der Waals surface area (Å²) < 4.78 is 11.3. The molecule has 0 aliphatic heterocycles. The maximum atomic E-state index is 5.81. The third-order valence-electron chi connectivity index (χ3n) is 2.59. The number of aryl methyl sites for hydroxylation is 1. The van der Waals surface area contributed by atoms with E-state index in [-0.39, 0.29) is 0 Å². The summed E-state index contributed by atoms with van der Waals surface area (Å²) in [5.74, 6) is 2.59. The van der Waals surface area contributed by atoms with Gasteiger partial charge in [-0.2, -0.15) is 4.98 Å². The van der Waals surface area contributed by atoms with Crippen LogP contribution in [0.1, 0.15) is 19.4 Å². The average molecular weight is 273 g/mol. The molecule has 2 aromatic rings. The Morgan fingerprint density at radius 2 is 2.00 bits per heavy atom. The highest BCUT2D eigenvalue weighted by Gasteiger charge is 2.06. The number of aromatic nitrogens is 2. The first-order valence-electron chi connectivity index (χ1n) is 6.71. The van der Waals surface area contributed by atoms with Crippen LogP contribution in [-0.4, -0.2) is 23.1 Å². The predicted octanol–water partition coefficient (Wildman–Crippen LogP) is 3.41. The lowest BCUT2D eigenvalue weighted by Crippen LogP contribution is -2.03. The summed E-state index contributed by atoms with van der Waals surface area (Å²) in [6.07, 6.45) is 1.74. The zero-order valence-electron chi connectivity index (χ0n) is 12.0. The van der Waals surface area contributed by atoms with E-state index in [1.807, 2.05) is 45.0 Å². The van der Waals surface area contributed by atoms with Crippen LogP contribution in [0.2, 0.25) is 0 Å². The Kier molecular flexibility index (Phi) is 4.76. The topological polar surface area (TPSA) is 56.3 Å². The van der Waals surface area contributed by atoms with Gasteiger partial charge in [-0.3, -0.25) is 0 Å². The highest BCUT2D eigenvalue weighted by Crippen LogP contribution is 2.26. The van der Waals surface area contributed by atoms with Gasteiger partial charge in [-0.15, -0.1) is 0 Å². The van der Waals surface area contributed by atoms with E-state index in [0.717, 1.165) is 17.9 Å². The minimum atomic E-state index is 0.546. The van der Waals surface area contributed by atoms with E-state index in [4.69, 9.17) is 9.47 Å². The molecule has 5 nitrogen and oxygen atoms in total. The normalized spacial score (nSPS) is 10.2. The number of hydrogen-bond donors (Lipinski definition) is 1. The molecule has 1 N–H and O–H groups in total. The fraction of sp³-hybridized carbons (Fsp3) is 0.333. The van der Waals surface area contributed by atoms with Gasteiger partial charge in [0.1, 0.15) is 11.5 Å². The number of hydrogen-bond acceptors (Lipinski definition) is 5. The molecule has 0 saturated carbocycles.